The Bertz CT molecular complexity index is 340. The predicted molar refractivity (Wildman–Crippen MR) is 58.0 cm³/mol. The summed E-state index contributed by atoms with van der Waals surface area (Å²) in [6.07, 6.45) is 1.64. The zero-order chi connectivity index (χ0) is 10.4. The van der Waals surface area contributed by atoms with Gasteiger partial charge in [-0.15, -0.1) is 11.6 Å². The molecule has 0 fully saturated rings. The van der Waals surface area contributed by atoms with Crippen LogP contribution in [0.5, 0.6) is 0 Å². The van der Waals surface area contributed by atoms with E-state index in [0.717, 1.165) is 24.0 Å². The Labute approximate surface area is 89.1 Å². The Kier molecular flexibility index (Phi) is 4.49. The van der Waals surface area contributed by atoms with E-state index in [4.69, 9.17) is 11.6 Å². The van der Waals surface area contributed by atoms with Crippen molar-refractivity contribution in [1.82, 2.24) is 0 Å². The van der Waals surface area contributed by atoms with Gasteiger partial charge >= 0.3 is 0 Å². The number of alkyl halides is 1. The molecular formula is C12H12ClF. The van der Waals surface area contributed by atoms with Gasteiger partial charge in [-0.3, -0.25) is 0 Å². The fourth-order valence-electron chi connectivity index (χ4n) is 1.13. The summed E-state index contributed by atoms with van der Waals surface area (Å²) in [6.45, 7) is 1.85. The van der Waals surface area contributed by atoms with Crippen LogP contribution in [0.2, 0.25) is 0 Å². The lowest BCUT2D eigenvalue weighted by molar-refractivity contribution is 0.626. The molecule has 0 aromatic heterocycles. The lowest BCUT2D eigenvalue weighted by Crippen LogP contribution is -1.82. The Hall–Kier alpha value is -1.00. The number of hydrogen-bond acceptors (Lipinski definition) is 0. The van der Waals surface area contributed by atoms with Gasteiger partial charge in [0.05, 0.1) is 0 Å². The third-order valence-electron chi connectivity index (χ3n) is 1.71. The van der Waals surface area contributed by atoms with Gasteiger partial charge in [0.25, 0.3) is 0 Å². The van der Waals surface area contributed by atoms with Crippen molar-refractivity contribution in [3.63, 3.8) is 0 Å². The third-order valence-corrected chi connectivity index (χ3v) is 1.98. The number of benzene rings is 1. The third kappa shape index (κ3) is 3.81. The minimum atomic E-state index is -0.230. The monoisotopic (exact) mass is 210 g/mol. The minimum absolute atomic E-state index is 0.230. The summed E-state index contributed by atoms with van der Waals surface area (Å²) < 4.78 is 12.9. The van der Waals surface area contributed by atoms with E-state index in [1.807, 2.05) is 13.0 Å². The average molecular weight is 211 g/mol. The molecule has 1 aromatic rings. The second-order valence-corrected chi connectivity index (χ2v) is 3.49. The summed E-state index contributed by atoms with van der Waals surface area (Å²) >= 11 is 5.51. The van der Waals surface area contributed by atoms with Crippen LogP contribution in [-0.4, -0.2) is 5.88 Å². The first-order chi connectivity index (χ1) is 6.72. The maximum absolute atomic E-state index is 12.9. The van der Waals surface area contributed by atoms with E-state index in [1.165, 1.54) is 12.1 Å². The van der Waals surface area contributed by atoms with Crippen LogP contribution in [-0.2, 0) is 0 Å². The van der Waals surface area contributed by atoms with Crippen LogP contribution in [0.4, 0.5) is 4.39 Å². The first kappa shape index (κ1) is 11.1. The molecule has 0 aliphatic heterocycles. The molecule has 0 aliphatic carbocycles. The Balaban J connectivity index is 2.69. The lowest BCUT2D eigenvalue weighted by atomic mass is 10.1. The Morgan fingerprint density at radius 1 is 1.36 bits per heavy atom. The van der Waals surface area contributed by atoms with Crippen LogP contribution >= 0.6 is 11.6 Å². The summed E-state index contributed by atoms with van der Waals surface area (Å²) in [5.41, 5.74) is 1.63. The average Bonchev–Trinajstić information content (AvgIpc) is 2.11. The quantitative estimate of drug-likeness (QED) is 0.398. The van der Waals surface area contributed by atoms with E-state index in [2.05, 4.69) is 11.8 Å². The molecule has 14 heavy (non-hydrogen) atoms. The fourth-order valence-corrected chi connectivity index (χ4v) is 1.26. The van der Waals surface area contributed by atoms with Crippen molar-refractivity contribution in [3.8, 4) is 11.8 Å². The van der Waals surface area contributed by atoms with E-state index in [-0.39, 0.29) is 5.82 Å². The van der Waals surface area contributed by atoms with Gasteiger partial charge in [-0.05, 0) is 37.1 Å². The second kappa shape index (κ2) is 5.67. The van der Waals surface area contributed by atoms with Gasteiger partial charge in [0.15, 0.2) is 0 Å². The lowest BCUT2D eigenvalue weighted by Gasteiger charge is -1.94. The number of halogens is 2. The van der Waals surface area contributed by atoms with Crippen molar-refractivity contribution in [2.75, 3.05) is 5.88 Å². The van der Waals surface area contributed by atoms with Gasteiger partial charge in [-0.2, -0.15) is 0 Å². The highest BCUT2D eigenvalue weighted by Crippen LogP contribution is 2.06. The zero-order valence-electron chi connectivity index (χ0n) is 8.11. The van der Waals surface area contributed by atoms with Crippen LogP contribution in [0.25, 0.3) is 0 Å². The molecular weight excluding hydrogens is 199 g/mol. The molecule has 0 heterocycles. The van der Waals surface area contributed by atoms with Gasteiger partial charge in [0.2, 0.25) is 0 Å². The van der Waals surface area contributed by atoms with Gasteiger partial charge in [0, 0.05) is 17.9 Å². The highest BCUT2D eigenvalue weighted by molar-refractivity contribution is 6.17. The molecule has 0 atom stereocenters. The molecule has 0 bridgehead atoms. The molecule has 0 N–H and O–H groups in total. The first-order valence-electron chi connectivity index (χ1n) is 4.54. The molecule has 1 rings (SSSR count). The number of unbranched alkanes of at least 4 members (excludes halogenated alkanes) is 1. The summed E-state index contributed by atoms with van der Waals surface area (Å²) in [4.78, 5) is 0. The topological polar surface area (TPSA) is 0 Å². The maximum Gasteiger partial charge on any atom is 0.124 e. The van der Waals surface area contributed by atoms with Gasteiger partial charge in [-0.1, -0.05) is 11.8 Å². The van der Waals surface area contributed by atoms with E-state index in [9.17, 15) is 4.39 Å². The van der Waals surface area contributed by atoms with Gasteiger partial charge in [0.1, 0.15) is 5.82 Å². The molecule has 0 aliphatic rings. The molecule has 1 aromatic carbocycles. The number of rotatable bonds is 2. The Morgan fingerprint density at radius 3 is 2.79 bits per heavy atom. The van der Waals surface area contributed by atoms with Crippen LogP contribution in [0.1, 0.15) is 24.0 Å². The zero-order valence-corrected chi connectivity index (χ0v) is 8.87. The summed E-state index contributed by atoms with van der Waals surface area (Å²) in [7, 11) is 0. The van der Waals surface area contributed by atoms with Crippen molar-refractivity contribution in [1.29, 1.82) is 0 Å². The van der Waals surface area contributed by atoms with Crippen LogP contribution in [0.3, 0.4) is 0 Å². The second-order valence-electron chi connectivity index (χ2n) is 3.11. The SMILES string of the molecule is Cc1cc(F)cc(C#CCCCCl)c1. The Morgan fingerprint density at radius 2 is 2.14 bits per heavy atom. The van der Waals surface area contributed by atoms with Crippen molar-refractivity contribution < 1.29 is 4.39 Å². The molecule has 0 saturated heterocycles. The molecule has 0 saturated carbocycles. The highest BCUT2D eigenvalue weighted by atomic mass is 35.5. The molecule has 0 unspecified atom stereocenters. The van der Waals surface area contributed by atoms with E-state index >= 15 is 0 Å². The van der Waals surface area contributed by atoms with Crippen LogP contribution in [0, 0.1) is 24.6 Å². The molecule has 0 amide bonds. The highest BCUT2D eigenvalue weighted by Gasteiger charge is 1.93. The van der Waals surface area contributed by atoms with E-state index in [0.29, 0.717) is 5.88 Å². The first-order valence-corrected chi connectivity index (χ1v) is 5.08. The summed E-state index contributed by atoms with van der Waals surface area (Å²) in [6, 6.07) is 4.81. The summed E-state index contributed by atoms with van der Waals surface area (Å²) in [5.74, 6) is 6.26. The fraction of sp³-hybridized carbons (Fsp3) is 0.333. The molecule has 2 heteroatoms. The number of aryl methyl sites for hydroxylation is 1. The minimum Gasteiger partial charge on any atom is -0.207 e. The van der Waals surface area contributed by atoms with E-state index < -0.39 is 0 Å². The van der Waals surface area contributed by atoms with Crippen molar-refractivity contribution in [3.05, 3.63) is 35.1 Å². The smallest absolute Gasteiger partial charge is 0.124 e. The predicted octanol–water partition coefficient (Wildman–Crippen LogP) is 3.50. The molecule has 0 radical (unpaired) electrons. The number of hydrogen-bond donors (Lipinski definition) is 0. The maximum atomic E-state index is 12.9. The molecule has 0 spiro atoms. The van der Waals surface area contributed by atoms with Crippen molar-refractivity contribution in [2.45, 2.75) is 19.8 Å². The van der Waals surface area contributed by atoms with Gasteiger partial charge < -0.3 is 0 Å². The standard InChI is InChI=1S/C12H12ClF/c1-10-7-11(9-12(14)8-10)5-3-2-4-6-13/h7-9H,2,4,6H2,1H3. The van der Waals surface area contributed by atoms with E-state index in [1.54, 1.807) is 0 Å². The van der Waals surface area contributed by atoms with Crippen molar-refractivity contribution >= 4 is 11.6 Å². The summed E-state index contributed by atoms with van der Waals surface area (Å²) in [5, 5.41) is 0. The van der Waals surface area contributed by atoms with Crippen LogP contribution < -0.4 is 0 Å². The van der Waals surface area contributed by atoms with Crippen LogP contribution in [0.15, 0.2) is 18.2 Å². The van der Waals surface area contributed by atoms with Crippen molar-refractivity contribution in [2.24, 2.45) is 0 Å². The van der Waals surface area contributed by atoms with Gasteiger partial charge in [-0.25, -0.2) is 4.39 Å². The molecule has 0 nitrogen and oxygen atoms in total. The largest absolute Gasteiger partial charge is 0.207 e. The normalized spacial score (nSPS) is 9.36. The molecule has 74 valence electrons.